The molecule has 144 valence electrons. The number of carbonyl (C=O) groups excluding carboxylic acids is 2. The van der Waals surface area contributed by atoms with E-state index in [2.05, 4.69) is 13.8 Å². The van der Waals surface area contributed by atoms with Crippen LogP contribution in [0.15, 0.2) is 0 Å². The Morgan fingerprint density at radius 3 is 1.16 bits per heavy atom. The maximum absolute atomic E-state index is 10.3. The van der Waals surface area contributed by atoms with Crippen LogP contribution in [0.5, 0.6) is 0 Å². The maximum Gasteiger partial charge on any atom is 2.00 e. The fraction of sp³-hybridized carbons (Fsp3) is 0.900. The van der Waals surface area contributed by atoms with Gasteiger partial charge in [0.1, 0.15) is 0 Å². The number of unbranched alkanes of at least 4 members (excludes halogenated alkanes) is 8. The Balaban J connectivity index is -0.000000372. The van der Waals surface area contributed by atoms with Gasteiger partial charge in [0.15, 0.2) is 0 Å². The van der Waals surface area contributed by atoms with Gasteiger partial charge in [-0.3, -0.25) is 0 Å². The van der Waals surface area contributed by atoms with Crippen molar-refractivity contribution in [3.05, 3.63) is 0 Å². The van der Waals surface area contributed by atoms with Gasteiger partial charge in [-0.2, -0.15) is 0 Å². The Morgan fingerprint density at radius 1 is 0.640 bits per heavy atom. The van der Waals surface area contributed by atoms with Gasteiger partial charge in [0.2, 0.25) is 0 Å². The van der Waals surface area contributed by atoms with Gasteiger partial charge in [-0.15, -0.1) is 0 Å². The van der Waals surface area contributed by atoms with Crippen LogP contribution in [0.2, 0.25) is 0 Å². The molecule has 0 spiro atoms. The number of carboxylic acid groups (broad SMARTS) is 2. The summed E-state index contributed by atoms with van der Waals surface area (Å²) in [5.74, 6) is -2.37. The second kappa shape index (κ2) is 21.7. The van der Waals surface area contributed by atoms with Crippen molar-refractivity contribution in [3.8, 4) is 0 Å². The zero-order chi connectivity index (χ0) is 18.8. The molecule has 4 nitrogen and oxygen atoms in total. The van der Waals surface area contributed by atoms with E-state index in [4.69, 9.17) is 0 Å². The molecule has 0 saturated carbocycles. The topological polar surface area (TPSA) is 80.3 Å². The average Bonchev–Trinajstić information content (AvgIpc) is 2.54. The molecular weight excluding hydrogens is 329 g/mol. The van der Waals surface area contributed by atoms with Crippen LogP contribution in [0.1, 0.15) is 105 Å². The van der Waals surface area contributed by atoms with Crippen LogP contribution in [0.4, 0.5) is 0 Å². The van der Waals surface area contributed by atoms with Gasteiger partial charge < -0.3 is 19.8 Å². The van der Waals surface area contributed by atoms with Gasteiger partial charge >= 0.3 is 23.1 Å². The summed E-state index contributed by atoms with van der Waals surface area (Å²) >= 11 is 0. The van der Waals surface area contributed by atoms with Crippen molar-refractivity contribution in [2.24, 2.45) is 11.8 Å². The summed E-state index contributed by atoms with van der Waals surface area (Å²) in [7, 11) is 0. The number of hydrogen-bond donors (Lipinski definition) is 0. The molecule has 0 aromatic rings. The third-order valence-electron chi connectivity index (χ3n) is 4.29. The van der Waals surface area contributed by atoms with Crippen molar-refractivity contribution >= 4 is 35.0 Å². The summed E-state index contributed by atoms with van der Waals surface area (Å²) in [5.41, 5.74) is 0. The summed E-state index contributed by atoms with van der Waals surface area (Å²) < 4.78 is 0. The van der Waals surface area contributed by atoms with Gasteiger partial charge in [-0.05, 0) is 24.7 Å². The molecule has 0 amide bonds. The predicted octanol–water partition coefficient (Wildman–Crippen LogP) is 3.09. The van der Waals surface area contributed by atoms with E-state index < -0.39 is 11.9 Å². The Kier molecular flexibility index (Phi) is 25.6. The quantitative estimate of drug-likeness (QED) is 0.349. The first-order valence-electron chi connectivity index (χ1n) is 9.78. The van der Waals surface area contributed by atoms with Crippen LogP contribution in [-0.4, -0.2) is 35.0 Å². The average molecular weight is 367 g/mol. The van der Waals surface area contributed by atoms with Crippen LogP contribution < -0.4 is 10.2 Å². The molecular formula is C20H38MgO4. The number of rotatable bonds is 14. The maximum atomic E-state index is 10.3. The largest absolute Gasteiger partial charge is 2.00 e. The van der Waals surface area contributed by atoms with Crippen LogP contribution in [0.25, 0.3) is 0 Å². The van der Waals surface area contributed by atoms with E-state index >= 15 is 0 Å². The molecule has 2 unspecified atom stereocenters. The van der Waals surface area contributed by atoms with Crippen LogP contribution in [0, 0.1) is 11.8 Å². The second-order valence-corrected chi connectivity index (χ2v) is 6.85. The van der Waals surface area contributed by atoms with Crippen LogP contribution >= 0.6 is 0 Å². The molecule has 0 aromatic heterocycles. The van der Waals surface area contributed by atoms with E-state index in [-0.39, 0.29) is 34.9 Å². The molecule has 0 bridgehead atoms. The molecule has 0 rings (SSSR count). The Labute approximate surface area is 171 Å². The van der Waals surface area contributed by atoms with Crippen molar-refractivity contribution in [1.29, 1.82) is 0 Å². The summed E-state index contributed by atoms with van der Waals surface area (Å²) in [6.07, 6.45) is 13.4. The standard InChI is InChI=1S/2C10H20O2.Mg/c2*1-3-4-5-6-7-8-9(2)10(11)12;/h2*9H,3-8H2,1-2H3,(H,11,12);/q;;+2/p-2. The van der Waals surface area contributed by atoms with Gasteiger partial charge in [0.25, 0.3) is 0 Å². The molecule has 0 heterocycles. The molecule has 0 aromatic carbocycles. The summed E-state index contributed by atoms with van der Waals surface area (Å²) in [6, 6.07) is 0. The first-order chi connectivity index (χ1) is 11.4. The molecule has 0 radical (unpaired) electrons. The van der Waals surface area contributed by atoms with Crippen molar-refractivity contribution in [2.45, 2.75) is 105 Å². The van der Waals surface area contributed by atoms with Gasteiger partial charge in [-0.1, -0.05) is 91.9 Å². The molecule has 0 fully saturated rings. The number of carbonyl (C=O) groups is 2. The van der Waals surface area contributed by atoms with Crippen molar-refractivity contribution < 1.29 is 19.8 Å². The van der Waals surface area contributed by atoms with Gasteiger partial charge in [0.05, 0.1) is 0 Å². The predicted molar refractivity (Wildman–Crippen MR) is 101 cm³/mol. The monoisotopic (exact) mass is 366 g/mol. The van der Waals surface area contributed by atoms with E-state index in [0.717, 1.165) is 38.5 Å². The molecule has 0 saturated heterocycles. The Hall–Kier alpha value is -0.294. The first-order valence-corrected chi connectivity index (χ1v) is 9.78. The van der Waals surface area contributed by atoms with Crippen LogP contribution in [-0.2, 0) is 9.59 Å². The van der Waals surface area contributed by atoms with Gasteiger partial charge in [-0.25, -0.2) is 0 Å². The summed E-state index contributed by atoms with van der Waals surface area (Å²) in [6.45, 7) is 7.78. The molecule has 0 aliphatic rings. The second-order valence-electron chi connectivity index (χ2n) is 6.85. The molecule has 25 heavy (non-hydrogen) atoms. The normalized spacial score (nSPS) is 12.3. The minimum Gasteiger partial charge on any atom is -0.550 e. The fourth-order valence-electron chi connectivity index (χ4n) is 2.34. The number of carboxylic acids is 2. The molecule has 2 atom stereocenters. The summed E-state index contributed by atoms with van der Waals surface area (Å²) in [5, 5.41) is 20.6. The third kappa shape index (κ3) is 23.7. The van der Waals surface area contributed by atoms with Gasteiger partial charge in [0, 0.05) is 11.9 Å². The summed E-state index contributed by atoms with van der Waals surface area (Å²) in [4.78, 5) is 20.6. The van der Waals surface area contributed by atoms with Crippen molar-refractivity contribution in [2.75, 3.05) is 0 Å². The van der Waals surface area contributed by atoms with E-state index in [1.54, 1.807) is 13.8 Å². The van der Waals surface area contributed by atoms with E-state index in [1.807, 2.05) is 0 Å². The van der Waals surface area contributed by atoms with E-state index in [9.17, 15) is 19.8 Å². The van der Waals surface area contributed by atoms with Crippen molar-refractivity contribution in [3.63, 3.8) is 0 Å². The molecule has 0 N–H and O–H groups in total. The minimum absolute atomic E-state index is 0. The van der Waals surface area contributed by atoms with E-state index in [1.165, 1.54) is 38.5 Å². The number of hydrogen-bond acceptors (Lipinski definition) is 4. The molecule has 5 heteroatoms. The Bertz CT molecular complexity index is 278. The Morgan fingerprint density at radius 2 is 0.920 bits per heavy atom. The first kappa shape index (κ1) is 29.5. The zero-order valence-electron chi connectivity index (χ0n) is 17.0. The molecule has 0 aliphatic carbocycles. The third-order valence-corrected chi connectivity index (χ3v) is 4.29. The van der Waals surface area contributed by atoms with Crippen molar-refractivity contribution in [1.82, 2.24) is 0 Å². The minimum atomic E-state index is -0.912. The zero-order valence-corrected chi connectivity index (χ0v) is 18.4. The fourth-order valence-corrected chi connectivity index (χ4v) is 2.34. The smallest absolute Gasteiger partial charge is 0.550 e. The molecule has 0 aliphatic heterocycles. The SMILES string of the molecule is CCCCCCCC(C)C(=O)[O-].CCCCCCCC(C)C(=O)[O-].[Mg+2]. The number of aliphatic carboxylic acids is 2. The van der Waals surface area contributed by atoms with Crippen LogP contribution in [0.3, 0.4) is 0 Å². The van der Waals surface area contributed by atoms with E-state index in [0.29, 0.717) is 0 Å².